The van der Waals surface area contributed by atoms with E-state index >= 15 is 0 Å². The number of para-hydroxylation sites is 1. The standard InChI is InChI=1S/C15H17N5/c1-3-16-13-8-14(18-9-17-13)20-15-10(2)19-12-7-5-4-6-11(12)15/h4-9,19H,3H2,1-2H3,(H2,16,17,18,20). The van der Waals surface area contributed by atoms with Crippen LogP contribution in [0.15, 0.2) is 36.7 Å². The van der Waals surface area contributed by atoms with E-state index in [1.54, 1.807) is 6.33 Å². The molecule has 3 rings (SSSR count). The lowest BCUT2D eigenvalue weighted by Crippen LogP contribution is -2.01. The van der Waals surface area contributed by atoms with Crippen LogP contribution in [0.2, 0.25) is 0 Å². The zero-order valence-corrected chi connectivity index (χ0v) is 11.6. The molecule has 3 aromatic rings. The highest BCUT2D eigenvalue weighted by atomic mass is 15.1. The molecule has 0 atom stereocenters. The monoisotopic (exact) mass is 267 g/mol. The average Bonchev–Trinajstić information content (AvgIpc) is 2.76. The molecule has 0 fully saturated rings. The Hall–Kier alpha value is -2.56. The number of fused-ring (bicyclic) bond motifs is 1. The molecule has 2 aromatic heterocycles. The van der Waals surface area contributed by atoms with Crippen molar-refractivity contribution in [3.8, 4) is 0 Å². The summed E-state index contributed by atoms with van der Waals surface area (Å²) in [6.07, 6.45) is 1.56. The molecule has 0 saturated heterocycles. The average molecular weight is 267 g/mol. The maximum atomic E-state index is 4.27. The molecule has 5 nitrogen and oxygen atoms in total. The number of nitrogens with zero attached hydrogens (tertiary/aromatic N) is 2. The number of anilines is 3. The van der Waals surface area contributed by atoms with Gasteiger partial charge in [-0.05, 0) is 19.9 Å². The summed E-state index contributed by atoms with van der Waals surface area (Å²) in [5, 5.41) is 7.71. The van der Waals surface area contributed by atoms with Gasteiger partial charge < -0.3 is 15.6 Å². The molecule has 0 radical (unpaired) electrons. The summed E-state index contributed by atoms with van der Waals surface area (Å²) < 4.78 is 0. The first kappa shape index (κ1) is 12.5. The number of aromatic nitrogens is 3. The predicted octanol–water partition coefficient (Wildman–Crippen LogP) is 3.44. The summed E-state index contributed by atoms with van der Waals surface area (Å²) >= 11 is 0. The Morgan fingerprint density at radius 3 is 2.80 bits per heavy atom. The van der Waals surface area contributed by atoms with Crippen LogP contribution in [0.4, 0.5) is 17.3 Å². The number of H-pyrrole nitrogens is 1. The molecule has 0 aliphatic carbocycles. The van der Waals surface area contributed by atoms with Crippen molar-refractivity contribution in [3.05, 3.63) is 42.4 Å². The number of rotatable bonds is 4. The molecular formula is C15H17N5. The number of hydrogen-bond acceptors (Lipinski definition) is 4. The zero-order chi connectivity index (χ0) is 13.9. The highest BCUT2D eigenvalue weighted by Crippen LogP contribution is 2.29. The molecule has 5 heteroatoms. The van der Waals surface area contributed by atoms with Crippen LogP contribution >= 0.6 is 0 Å². The molecule has 0 aliphatic rings. The molecular weight excluding hydrogens is 250 g/mol. The van der Waals surface area contributed by atoms with E-state index < -0.39 is 0 Å². The smallest absolute Gasteiger partial charge is 0.135 e. The van der Waals surface area contributed by atoms with E-state index in [4.69, 9.17) is 0 Å². The summed E-state index contributed by atoms with van der Waals surface area (Å²) in [6, 6.07) is 10.1. The largest absolute Gasteiger partial charge is 0.370 e. The quantitative estimate of drug-likeness (QED) is 0.677. The Bertz CT molecular complexity index is 732. The third-order valence-electron chi connectivity index (χ3n) is 3.17. The van der Waals surface area contributed by atoms with Gasteiger partial charge >= 0.3 is 0 Å². The van der Waals surface area contributed by atoms with Crippen LogP contribution in [0.1, 0.15) is 12.6 Å². The van der Waals surface area contributed by atoms with Crippen LogP contribution in [0.25, 0.3) is 10.9 Å². The van der Waals surface area contributed by atoms with Crippen molar-refractivity contribution in [2.75, 3.05) is 17.2 Å². The van der Waals surface area contributed by atoms with Gasteiger partial charge in [-0.15, -0.1) is 0 Å². The van der Waals surface area contributed by atoms with Crippen molar-refractivity contribution in [1.29, 1.82) is 0 Å². The Morgan fingerprint density at radius 1 is 1.15 bits per heavy atom. The fourth-order valence-corrected chi connectivity index (χ4v) is 2.27. The van der Waals surface area contributed by atoms with Gasteiger partial charge in [0.05, 0.1) is 5.69 Å². The van der Waals surface area contributed by atoms with Crippen molar-refractivity contribution in [2.45, 2.75) is 13.8 Å². The lowest BCUT2D eigenvalue weighted by molar-refractivity contribution is 1.11. The van der Waals surface area contributed by atoms with Gasteiger partial charge in [0, 0.05) is 29.2 Å². The van der Waals surface area contributed by atoms with Crippen LogP contribution in [0, 0.1) is 6.92 Å². The Morgan fingerprint density at radius 2 is 1.95 bits per heavy atom. The third-order valence-corrected chi connectivity index (χ3v) is 3.17. The van der Waals surface area contributed by atoms with Crippen LogP contribution < -0.4 is 10.6 Å². The van der Waals surface area contributed by atoms with Crippen LogP contribution in [0.5, 0.6) is 0 Å². The van der Waals surface area contributed by atoms with E-state index in [0.717, 1.165) is 40.5 Å². The molecule has 0 aliphatic heterocycles. The second-order valence-electron chi connectivity index (χ2n) is 4.61. The van der Waals surface area contributed by atoms with Gasteiger partial charge in [-0.3, -0.25) is 0 Å². The molecule has 102 valence electrons. The Balaban J connectivity index is 1.96. The number of aromatic amines is 1. The fraction of sp³-hybridized carbons (Fsp3) is 0.200. The molecule has 3 N–H and O–H groups in total. The molecule has 20 heavy (non-hydrogen) atoms. The summed E-state index contributed by atoms with van der Waals surface area (Å²) in [7, 11) is 0. The maximum absolute atomic E-state index is 4.27. The van der Waals surface area contributed by atoms with E-state index in [0.29, 0.717) is 0 Å². The first-order valence-corrected chi connectivity index (χ1v) is 6.68. The van der Waals surface area contributed by atoms with E-state index in [2.05, 4.69) is 44.6 Å². The topological polar surface area (TPSA) is 65.6 Å². The van der Waals surface area contributed by atoms with Crippen molar-refractivity contribution in [3.63, 3.8) is 0 Å². The first-order valence-electron chi connectivity index (χ1n) is 6.68. The van der Waals surface area contributed by atoms with E-state index in [1.807, 2.05) is 25.1 Å². The number of hydrogen-bond donors (Lipinski definition) is 3. The van der Waals surface area contributed by atoms with Gasteiger partial charge in [-0.25, -0.2) is 9.97 Å². The number of aryl methyl sites for hydroxylation is 1. The summed E-state index contributed by atoms with van der Waals surface area (Å²) in [5.74, 6) is 1.60. The van der Waals surface area contributed by atoms with Gasteiger partial charge in [-0.1, -0.05) is 18.2 Å². The van der Waals surface area contributed by atoms with Crippen LogP contribution in [0.3, 0.4) is 0 Å². The maximum Gasteiger partial charge on any atom is 0.135 e. The third kappa shape index (κ3) is 2.30. The Labute approximate surface area is 117 Å². The second kappa shape index (κ2) is 5.21. The first-order chi connectivity index (χ1) is 9.78. The van der Waals surface area contributed by atoms with Gasteiger partial charge in [0.2, 0.25) is 0 Å². The number of benzene rings is 1. The summed E-state index contributed by atoms with van der Waals surface area (Å²) in [4.78, 5) is 11.8. The minimum Gasteiger partial charge on any atom is -0.370 e. The van der Waals surface area contributed by atoms with E-state index in [1.165, 1.54) is 0 Å². The molecule has 0 spiro atoms. The number of nitrogens with one attached hydrogen (secondary N) is 3. The van der Waals surface area contributed by atoms with Gasteiger partial charge in [0.25, 0.3) is 0 Å². The summed E-state index contributed by atoms with van der Waals surface area (Å²) in [6.45, 7) is 4.93. The summed E-state index contributed by atoms with van der Waals surface area (Å²) in [5.41, 5.74) is 3.27. The molecule has 2 heterocycles. The minimum absolute atomic E-state index is 0.781. The van der Waals surface area contributed by atoms with Crippen molar-refractivity contribution >= 4 is 28.2 Å². The van der Waals surface area contributed by atoms with Crippen molar-refractivity contribution in [2.24, 2.45) is 0 Å². The SMILES string of the molecule is CCNc1cc(Nc2c(C)[nH]c3ccccc23)ncn1. The minimum atomic E-state index is 0.781. The van der Waals surface area contributed by atoms with E-state index in [-0.39, 0.29) is 0 Å². The molecule has 1 aromatic carbocycles. The second-order valence-corrected chi connectivity index (χ2v) is 4.61. The lowest BCUT2D eigenvalue weighted by atomic mass is 10.2. The highest BCUT2D eigenvalue weighted by molar-refractivity contribution is 5.95. The van der Waals surface area contributed by atoms with Crippen molar-refractivity contribution < 1.29 is 0 Å². The fourth-order valence-electron chi connectivity index (χ4n) is 2.27. The van der Waals surface area contributed by atoms with Gasteiger partial charge in [0.15, 0.2) is 0 Å². The van der Waals surface area contributed by atoms with Gasteiger partial charge in [-0.2, -0.15) is 0 Å². The van der Waals surface area contributed by atoms with Crippen LogP contribution in [-0.4, -0.2) is 21.5 Å². The van der Waals surface area contributed by atoms with E-state index in [9.17, 15) is 0 Å². The van der Waals surface area contributed by atoms with Gasteiger partial charge in [0.1, 0.15) is 18.0 Å². The Kier molecular flexibility index (Phi) is 3.25. The molecule has 0 bridgehead atoms. The normalized spacial score (nSPS) is 10.7. The predicted molar refractivity (Wildman–Crippen MR) is 82.5 cm³/mol. The molecule has 0 amide bonds. The highest BCUT2D eigenvalue weighted by Gasteiger charge is 2.08. The molecule has 0 unspecified atom stereocenters. The molecule has 0 saturated carbocycles. The van der Waals surface area contributed by atoms with Crippen LogP contribution in [-0.2, 0) is 0 Å². The zero-order valence-electron chi connectivity index (χ0n) is 11.6. The lowest BCUT2D eigenvalue weighted by Gasteiger charge is -2.07. The van der Waals surface area contributed by atoms with Crippen molar-refractivity contribution in [1.82, 2.24) is 15.0 Å².